The van der Waals surface area contributed by atoms with E-state index in [4.69, 9.17) is 0 Å². The summed E-state index contributed by atoms with van der Waals surface area (Å²) in [7, 11) is 0. The molecule has 0 atom stereocenters. The molecule has 0 bridgehead atoms. The van der Waals surface area contributed by atoms with Crippen LogP contribution in [0.2, 0.25) is 0 Å². The Labute approximate surface area is 47.2 Å². The van der Waals surface area contributed by atoms with Crippen LogP contribution in [0.25, 0.3) is 0 Å². The van der Waals surface area contributed by atoms with Crippen LogP contribution in [0.15, 0.2) is 5.10 Å². The van der Waals surface area contributed by atoms with Gasteiger partial charge >= 0.3 is 0 Å². The molecule has 1 N–H and O–H groups in total. The van der Waals surface area contributed by atoms with E-state index in [1.807, 2.05) is 0 Å². The van der Waals surface area contributed by atoms with Gasteiger partial charge in [0.1, 0.15) is 0 Å². The Morgan fingerprint density at radius 3 is 2.71 bits per heavy atom. The predicted molar refractivity (Wildman–Crippen MR) is 28.5 cm³/mol. The van der Waals surface area contributed by atoms with Crippen molar-refractivity contribution < 1.29 is 4.79 Å². The molecule has 4 heteroatoms. The molecule has 0 aromatic carbocycles. The topological polar surface area (TPSA) is 41.5 Å². The highest BCUT2D eigenvalue weighted by Gasteiger charge is 1.99. The number of halogens is 1. The molecule has 0 saturated heterocycles. The number of hydrazone groups is 1. The Morgan fingerprint density at radius 1 is 1.86 bits per heavy atom. The summed E-state index contributed by atoms with van der Waals surface area (Å²) in [5.41, 5.74) is 2.25. The third kappa shape index (κ3) is 1.55. The zero-order valence-electron chi connectivity index (χ0n) is 3.55. The van der Waals surface area contributed by atoms with Gasteiger partial charge in [-0.15, -0.1) is 12.4 Å². The van der Waals surface area contributed by atoms with Crippen LogP contribution in [-0.2, 0) is 4.79 Å². The Morgan fingerprint density at radius 2 is 2.57 bits per heavy atom. The molecule has 1 aliphatic rings. The molecule has 0 spiro atoms. The highest BCUT2D eigenvalue weighted by atomic mass is 35.5. The normalized spacial score (nSPS) is 15.7. The zero-order chi connectivity index (χ0) is 4.41. The minimum atomic E-state index is -0.0185. The first-order valence-corrected chi connectivity index (χ1v) is 1.70. The summed E-state index contributed by atoms with van der Waals surface area (Å²) in [5, 5.41) is 3.44. The van der Waals surface area contributed by atoms with Crippen LogP contribution in [0, 0.1) is 0 Å². The fourth-order valence-corrected chi connectivity index (χ4v) is 0.292. The molecule has 0 aromatic rings. The van der Waals surface area contributed by atoms with Gasteiger partial charge in [0.25, 0.3) is 0 Å². The fourth-order valence-electron chi connectivity index (χ4n) is 0.292. The third-order valence-corrected chi connectivity index (χ3v) is 0.557. The molecule has 0 saturated carbocycles. The number of rotatable bonds is 0. The Hall–Kier alpha value is -0.570. The molecular weight excluding hydrogens is 115 g/mol. The fraction of sp³-hybridized carbons (Fsp3) is 0.333. The van der Waals surface area contributed by atoms with E-state index in [1.54, 1.807) is 6.21 Å². The molecule has 0 aromatic heterocycles. The van der Waals surface area contributed by atoms with Gasteiger partial charge in [0.2, 0.25) is 5.91 Å². The average Bonchev–Trinajstić information content (AvgIpc) is 1.86. The summed E-state index contributed by atoms with van der Waals surface area (Å²) in [5.74, 6) is -0.0185. The Bertz CT molecular complexity index is 91.1. The van der Waals surface area contributed by atoms with E-state index >= 15 is 0 Å². The van der Waals surface area contributed by atoms with Crippen molar-refractivity contribution in [3.63, 3.8) is 0 Å². The lowest BCUT2D eigenvalue weighted by molar-refractivity contribution is -0.119. The molecule has 0 aliphatic carbocycles. The largest absolute Gasteiger partial charge is 0.273 e. The van der Waals surface area contributed by atoms with Crippen molar-refractivity contribution in [3.8, 4) is 0 Å². The van der Waals surface area contributed by atoms with Crippen LogP contribution >= 0.6 is 12.4 Å². The van der Waals surface area contributed by atoms with Gasteiger partial charge < -0.3 is 0 Å². The zero-order valence-corrected chi connectivity index (χ0v) is 4.36. The second-order valence-corrected chi connectivity index (χ2v) is 1.05. The van der Waals surface area contributed by atoms with E-state index < -0.39 is 0 Å². The van der Waals surface area contributed by atoms with Crippen LogP contribution in [0.1, 0.15) is 6.42 Å². The molecule has 1 heterocycles. The summed E-state index contributed by atoms with van der Waals surface area (Å²) in [6.45, 7) is 0. The smallest absolute Gasteiger partial charge is 0.245 e. The maximum absolute atomic E-state index is 10.0. The second-order valence-electron chi connectivity index (χ2n) is 1.05. The third-order valence-electron chi connectivity index (χ3n) is 0.557. The number of carbonyl (C=O) groups is 1. The van der Waals surface area contributed by atoms with Gasteiger partial charge in [-0.25, -0.2) is 5.43 Å². The van der Waals surface area contributed by atoms with Gasteiger partial charge in [-0.05, 0) is 0 Å². The lowest BCUT2D eigenvalue weighted by atomic mass is 10.5. The van der Waals surface area contributed by atoms with Gasteiger partial charge in [-0.1, -0.05) is 0 Å². The van der Waals surface area contributed by atoms with E-state index in [-0.39, 0.29) is 18.3 Å². The van der Waals surface area contributed by atoms with Crippen LogP contribution in [0.4, 0.5) is 0 Å². The number of nitrogens with one attached hydrogen (secondary N) is 1. The average molecular weight is 121 g/mol. The first-order valence-electron chi connectivity index (χ1n) is 1.70. The van der Waals surface area contributed by atoms with Crippen molar-refractivity contribution in [1.82, 2.24) is 5.43 Å². The quantitative estimate of drug-likeness (QED) is 0.477. The summed E-state index contributed by atoms with van der Waals surface area (Å²) in [4.78, 5) is 10.0. The van der Waals surface area contributed by atoms with Crippen LogP contribution in [-0.4, -0.2) is 12.1 Å². The molecule has 1 amide bonds. The highest BCUT2D eigenvalue weighted by molar-refractivity contribution is 5.93. The summed E-state index contributed by atoms with van der Waals surface area (Å²) >= 11 is 0. The lowest BCUT2D eigenvalue weighted by Crippen LogP contribution is -2.08. The second kappa shape index (κ2) is 2.58. The number of carbonyl (C=O) groups excluding carboxylic acids is 1. The molecule has 1 aliphatic heterocycles. The van der Waals surface area contributed by atoms with Crippen molar-refractivity contribution in [2.75, 3.05) is 0 Å². The summed E-state index contributed by atoms with van der Waals surface area (Å²) in [6, 6.07) is 0. The van der Waals surface area contributed by atoms with Crippen molar-refractivity contribution in [2.24, 2.45) is 5.10 Å². The predicted octanol–water partition coefficient (Wildman–Crippen LogP) is -0.0861. The van der Waals surface area contributed by atoms with Crippen molar-refractivity contribution in [1.29, 1.82) is 0 Å². The monoisotopic (exact) mass is 120 g/mol. The molecule has 7 heavy (non-hydrogen) atoms. The van der Waals surface area contributed by atoms with Gasteiger partial charge in [0.15, 0.2) is 0 Å². The molecule has 0 radical (unpaired) electrons. The first kappa shape index (κ1) is 6.43. The van der Waals surface area contributed by atoms with Crippen molar-refractivity contribution in [2.45, 2.75) is 6.42 Å². The number of hydrogen-bond acceptors (Lipinski definition) is 2. The molecular formula is C3H5ClN2O. The highest BCUT2D eigenvalue weighted by Crippen LogP contribution is 1.79. The number of nitrogens with zero attached hydrogens (tertiary/aromatic N) is 1. The molecule has 0 fully saturated rings. The van der Waals surface area contributed by atoms with Crippen LogP contribution < -0.4 is 5.43 Å². The van der Waals surface area contributed by atoms with Crippen LogP contribution in [0.5, 0.6) is 0 Å². The van der Waals surface area contributed by atoms with Crippen LogP contribution in [0.3, 0.4) is 0 Å². The van der Waals surface area contributed by atoms with Gasteiger partial charge in [0.05, 0.1) is 6.42 Å². The van der Waals surface area contributed by atoms with Gasteiger partial charge in [0, 0.05) is 6.21 Å². The number of amides is 1. The molecule has 1 rings (SSSR count). The van der Waals surface area contributed by atoms with E-state index in [0.29, 0.717) is 6.42 Å². The molecule has 0 unspecified atom stereocenters. The van der Waals surface area contributed by atoms with E-state index in [0.717, 1.165) is 0 Å². The number of hydrogen-bond donors (Lipinski definition) is 1. The first-order chi connectivity index (χ1) is 2.89. The molecule has 40 valence electrons. The SMILES string of the molecule is Cl.O=C1CC=NN1. The Kier molecular flexibility index (Phi) is 2.37. The van der Waals surface area contributed by atoms with Crippen molar-refractivity contribution >= 4 is 24.5 Å². The molecule has 3 nitrogen and oxygen atoms in total. The minimum absolute atomic E-state index is 0. The minimum Gasteiger partial charge on any atom is -0.273 e. The van der Waals surface area contributed by atoms with Crippen molar-refractivity contribution in [3.05, 3.63) is 0 Å². The maximum Gasteiger partial charge on any atom is 0.245 e. The summed E-state index contributed by atoms with van der Waals surface area (Å²) < 4.78 is 0. The maximum atomic E-state index is 10.0. The standard InChI is InChI=1S/C3H4N2O.ClH/c6-3-1-2-4-5-3;/h2H,1H2,(H,5,6);1H. The van der Waals surface area contributed by atoms with Gasteiger partial charge in [-0.2, -0.15) is 5.10 Å². The lowest BCUT2D eigenvalue weighted by Gasteiger charge is -1.77. The van der Waals surface area contributed by atoms with E-state index in [2.05, 4.69) is 10.5 Å². The Balaban J connectivity index is 0.000000360. The van der Waals surface area contributed by atoms with E-state index in [1.165, 1.54) is 0 Å². The summed E-state index contributed by atoms with van der Waals surface area (Å²) in [6.07, 6.45) is 1.99. The van der Waals surface area contributed by atoms with E-state index in [9.17, 15) is 4.79 Å². The van der Waals surface area contributed by atoms with Gasteiger partial charge in [-0.3, -0.25) is 4.79 Å².